The lowest BCUT2D eigenvalue weighted by Crippen LogP contribution is -2.56. The Morgan fingerprint density at radius 3 is 2.84 bits per heavy atom. The fourth-order valence-electron chi connectivity index (χ4n) is 4.54. The number of benzene rings is 2. The van der Waals surface area contributed by atoms with Gasteiger partial charge < -0.3 is 14.6 Å². The van der Waals surface area contributed by atoms with Gasteiger partial charge in [0, 0.05) is 17.5 Å². The van der Waals surface area contributed by atoms with Crippen LogP contribution in [0.2, 0.25) is 0 Å². The Labute approximate surface area is 143 Å². The Kier molecular flexibility index (Phi) is 2.19. The van der Waals surface area contributed by atoms with Crippen LogP contribution in [-0.2, 0) is 22.7 Å². The van der Waals surface area contributed by atoms with E-state index in [1.54, 1.807) is 24.3 Å². The highest BCUT2D eigenvalue weighted by molar-refractivity contribution is 6.07. The zero-order valence-corrected chi connectivity index (χ0v) is 13.2. The molecule has 0 fully saturated rings. The molecule has 0 unspecified atom stereocenters. The summed E-state index contributed by atoms with van der Waals surface area (Å²) < 4.78 is 19.1. The van der Waals surface area contributed by atoms with Crippen LogP contribution in [0.15, 0.2) is 42.5 Å². The Morgan fingerprint density at radius 2 is 1.92 bits per heavy atom. The van der Waals surface area contributed by atoms with E-state index in [2.05, 4.69) is 0 Å². The van der Waals surface area contributed by atoms with E-state index in [1.165, 1.54) is 6.08 Å². The molecule has 6 rings (SSSR count). The van der Waals surface area contributed by atoms with Crippen LogP contribution in [0.5, 0.6) is 17.2 Å². The number of allylic oxidation sites excluding steroid dienone is 1. The fourth-order valence-corrected chi connectivity index (χ4v) is 4.54. The van der Waals surface area contributed by atoms with Crippen molar-refractivity contribution in [1.82, 2.24) is 0 Å². The molecule has 5 heteroatoms. The van der Waals surface area contributed by atoms with Gasteiger partial charge in [0.05, 0.1) is 11.1 Å². The van der Waals surface area contributed by atoms with E-state index in [9.17, 15) is 9.90 Å². The minimum atomic E-state index is -1.17. The minimum Gasteiger partial charge on any atom is -0.508 e. The van der Waals surface area contributed by atoms with Crippen molar-refractivity contribution in [2.24, 2.45) is 0 Å². The number of hydrogen-bond acceptors (Lipinski definition) is 5. The second-order valence-corrected chi connectivity index (χ2v) is 6.89. The minimum absolute atomic E-state index is 0.0879. The normalized spacial score (nSPS) is 30.0. The fraction of sp³-hybridized carbons (Fsp3) is 0.250. The molecule has 1 N–H and O–H groups in total. The molecule has 0 saturated carbocycles. The van der Waals surface area contributed by atoms with E-state index in [0.717, 1.165) is 24.0 Å². The second-order valence-electron chi connectivity index (χ2n) is 6.89. The van der Waals surface area contributed by atoms with Crippen LogP contribution in [0, 0.1) is 0 Å². The van der Waals surface area contributed by atoms with Gasteiger partial charge in [-0.15, -0.1) is 0 Å². The summed E-state index contributed by atoms with van der Waals surface area (Å²) in [6.45, 7) is 0. The van der Waals surface area contributed by atoms with Crippen LogP contribution in [-0.4, -0.2) is 10.9 Å². The first kappa shape index (κ1) is 13.5. The molecule has 124 valence electrons. The van der Waals surface area contributed by atoms with Crippen LogP contribution in [0.1, 0.15) is 39.9 Å². The average molecular weight is 334 g/mol. The Bertz CT molecular complexity index is 1010. The zero-order valence-electron chi connectivity index (χ0n) is 13.2. The van der Waals surface area contributed by atoms with Crippen LogP contribution >= 0.6 is 0 Å². The van der Waals surface area contributed by atoms with Crippen molar-refractivity contribution in [2.45, 2.75) is 30.8 Å². The number of carbonyl (C=O) groups excluding carboxylic acids is 1. The highest BCUT2D eigenvalue weighted by Gasteiger charge is 2.60. The third-order valence-electron chi connectivity index (χ3n) is 5.51. The molecular weight excluding hydrogens is 320 g/mol. The molecule has 5 nitrogen and oxygen atoms in total. The molecule has 0 radical (unpaired) electrons. The van der Waals surface area contributed by atoms with E-state index in [-0.39, 0.29) is 11.5 Å². The van der Waals surface area contributed by atoms with Gasteiger partial charge >= 0.3 is 0 Å². The second kappa shape index (κ2) is 4.06. The molecule has 0 saturated heterocycles. The van der Waals surface area contributed by atoms with Gasteiger partial charge in [-0.3, -0.25) is 9.53 Å². The van der Waals surface area contributed by atoms with E-state index in [4.69, 9.17) is 14.2 Å². The van der Waals surface area contributed by atoms with Gasteiger partial charge in [-0.05, 0) is 43.2 Å². The Morgan fingerprint density at radius 1 is 1.04 bits per heavy atom. The molecule has 0 amide bonds. The van der Waals surface area contributed by atoms with E-state index >= 15 is 0 Å². The average Bonchev–Trinajstić information content (AvgIpc) is 2.61. The number of carbonyl (C=O) groups is 1. The summed E-state index contributed by atoms with van der Waals surface area (Å²) in [4.78, 5) is 12.3. The predicted octanol–water partition coefficient (Wildman–Crippen LogP) is 3.29. The van der Waals surface area contributed by atoms with Crippen molar-refractivity contribution in [1.29, 1.82) is 0 Å². The molecule has 2 spiro atoms. The SMILES string of the molecule is O=C1C=C[C@]23Oc4ccc(O)c5c4[C@](CCC5)(Oc4cccc1c42)O3. The largest absolute Gasteiger partial charge is 0.508 e. The molecule has 2 atom stereocenters. The van der Waals surface area contributed by atoms with Crippen molar-refractivity contribution in [3.63, 3.8) is 0 Å². The molecule has 2 aliphatic heterocycles. The maximum absolute atomic E-state index is 12.3. The summed E-state index contributed by atoms with van der Waals surface area (Å²) in [6, 6.07) is 8.81. The summed E-state index contributed by atoms with van der Waals surface area (Å²) in [6.07, 6.45) is 5.42. The monoisotopic (exact) mass is 334 g/mol. The summed E-state index contributed by atoms with van der Waals surface area (Å²) in [5, 5.41) is 10.3. The first-order chi connectivity index (χ1) is 12.1. The lowest BCUT2D eigenvalue weighted by Gasteiger charge is -2.54. The first-order valence-electron chi connectivity index (χ1n) is 8.42. The third kappa shape index (κ3) is 1.46. The van der Waals surface area contributed by atoms with Gasteiger partial charge in [0.25, 0.3) is 5.79 Å². The number of ketones is 1. The van der Waals surface area contributed by atoms with Crippen molar-refractivity contribution in [3.05, 3.63) is 64.7 Å². The molecule has 2 aromatic carbocycles. The van der Waals surface area contributed by atoms with Crippen molar-refractivity contribution >= 4 is 5.78 Å². The van der Waals surface area contributed by atoms with Gasteiger partial charge in [0.2, 0.25) is 5.79 Å². The van der Waals surface area contributed by atoms with Crippen LogP contribution in [0.3, 0.4) is 0 Å². The highest BCUT2D eigenvalue weighted by Crippen LogP contribution is 2.60. The lowest BCUT2D eigenvalue weighted by atomic mass is 9.80. The van der Waals surface area contributed by atoms with Crippen molar-refractivity contribution < 1.29 is 24.1 Å². The molecule has 2 bridgehead atoms. The third-order valence-corrected chi connectivity index (χ3v) is 5.51. The summed E-state index contributed by atoms with van der Waals surface area (Å²) >= 11 is 0. The standard InChI is InChI=1S/C20H14O5/c21-13-6-7-16-18-12(13)4-2-9-19(18)23-15-5-1-3-11-14(22)8-10-20(24-16,25-19)17(11)15/h1,3,5-8,10,21H,2,4,9H2/t19-,20-/m1/s1. The van der Waals surface area contributed by atoms with Crippen LogP contribution in [0.4, 0.5) is 0 Å². The molecule has 4 aliphatic rings. The molecule has 0 aromatic heterocycles. The number of phenols is 1. The number of phenolic OH excluding ortho intramolecular Hbond substituents is 1. The number of ether oxygens (including phenoxy) is 3. The zero-order chi connectivity index (χ0) is 16.8. The number of rotatable bonds is 0. The van der Waals surface area contributed by atoms with Gasteiger partial charge in [-0.2, -0.15) is 0 Å². The summed E-state index contributed by atoms with van der Waals surface area (Å²) in [5.74, 6) is -0.789. The lowest BCUT2D eigenvalue weighted by molar-refractivity contribution is -0.343. The maximum Gasteiger partial charge on any atom is 0.265 e. The van der Waals surface area contributed by atoms with E-state index in [1.807, 2.05) is 12.1 Å². The quantitative estimate of drug-likeness (QED) is 0.801. The summed E-state index contributed by atoms with van der Waals surface area (Å²) in [7, 11) is 0. The molecular formula is C20H14O5. The van der Waals surface area contributed by atoms with Crippen molar-refractivity contribution in [2.75, 3.05) is 0 Å². The molecule has 25 heavy (non-hydrogen) atoms. The molecule has 2 aromatic rings. The first-order valence-corrected chi connectivity index (χ1v) is 8.42. The van der Waals surface area contributed by atoms with Crippen molar-refractivity contribution in [3.8, 4) is 17.2 Å². The van der Waals surface area contributed by atoms with Gasteiger partial charge in [0.15, 0.2) is 5.78 Å². The predicted molar refractivity (Wildman–Crippen MR) is 86.7 cm³/mol. The highest BCUT2D eigenvalue weighted by atomic mass is 16.8. The van der Waals surface area contributed by atoms with Gasteiger partial charge in [-0.25, -0.2) is 0 Å². The maximum atomic E-state index is 12.3. The van der Waals surface area contributed by atoms with Gasteiger partial charge in [-0.1, -0.05) is 12.1 Å². The molecule has 2 heterocycles. The number of aromatic hydroxyl groups is 1. The van der Waals surface area contributed by atoms with Crippen LogP contribution in [0.25, 0.3) is 0 Å². The number of hydrogen-bond donors (Lipinski definition) is 1. The van der Waals surface area contributed by atoms with Crippen LogP contribution < -0.4 is 9.47 Å². The smallest absolute Gasteiger partial charge is 0.265 e. The molecule has 2 aliphatic carbocycles. The topological polar surface area (TPSA) is 65.0 Å². The Balaban J connectivity index is 1.71. The summed E-state index contributed by atoms with van der Waals surface area (Å²) in [5.41, 5.74) is 2.74. The van der Waals surface area contributed by atoms with Gasteiger partial charge in [0.1, 0.15) is 17.2 Å². The van der Waals surface area contributed by atoms with E-state index < -0.39 is 11.6 Å². The Hall–Kier alpha value is -2.79. The van der Waals surface area contributed by atoms with E-state index in [0.29, 0.717) is 29.0 Å².